The molecule has 2 aromatic rings. The number of methoxy groups -OCH3 is 1. The summed E-state index contributed by atoms with van der Waals surface area (Å²) in [6.45, 7) is 0. The van der Waals surface area contributed by atoms with Crippen molar-refractivity contribution < 1.29 is 14.6 Å². The van der Waals surface area contributed by atoms with Gasteiger partial charge in [-0.25, -0.2) is 0 Å². The van der Waals surface area contributed by atoms with Crippen molar-refractivity contribution in [1.82, 2.24) is 4.98 Å². The molecule has 0 amide bonds. The summed E-state index contributed by atoms with van der Waals surface area (Å²) < 4.78 is 10.7. The van der Waals surface area contributed by atoms with E-state index >= 15 is 0 Å². The number of hydrogen-bond donors (Lipinski definition) is 4. The lowest BCUT2D eigenvalue weighted by Crippen LogP contribution is -2.12. The molecule has 0 atom stereocenters. The molecule has 0 bridgehead atoms. The minimum atomic E-state index is -0.0873. The molecule has 1 aliphatic heterocycles. The molecule has 3 rings (SSSR count). The highest BCUT2D eigenvalue weighted by molar-refractivity contribution is 5.92. The van der Waals surface area contributed by atoms with Gasteiger partial charge in [-0.1, -0.05) is 6.07 Å². The summed E-state index contributed by atoms with van der Waals surface area (Å²) in [5, 5.41) is 17.5. The average Bonchev–Trinajstić information content (AvgIpc) is 2.47. The molecule has 7 nitrogen and oxygen atoms in total. The normalized spacial score (nSPS) is 12.0. The largest absolute Gasteiger partial charge is 0.502 e. The highest BCUT2D eigenvalue weighted by Crippen LogP contribution is 2.47. The first kappa shape index (κ1) is 13.0. The Kier molecular flexibility index (Phi) is 2.83. The van der Waals surface area contributed by atoms with E-state index < -0.39 is 0 Å². The van der Waals surface area contributed by atoms with Gasteiger partial charge in [-0.3, -0.25) is 0 Å². The van der Waals surface area contributed by atoms with Crippen molar-refractivity contribution in [3.05, 3.63) is 28.8 Å². The van der Waals surface area contributed by atoms with Gasteiger partial charge in [-0.05, 0) is 6.07 Å². The number of nitrogen functional groups attached to an aromatic ring is 2. The first-order valence-electron chi connectivity index (χ1n) is 6.21. The summed E-state index contributed by atoms with van der Waals surface area (Å²) in [6, 6.07) is 3.44. The zero-order valence-corrected chi connectivity index (χ0v) is 11.3. The maximum absolute atomic E-state index is 10.1. The van der Waals surface area contributed by atoms with Crippen LogP contribution in [0.1, 0.15) is 16.7 Å². The molecular formula is C14H14N4O3. The average molecular weight is 286 g/mol. The van der Waals surface area contributed by atoms with Gasteiger partial charge in [0.15, 0.2) is 11.5 Å². The number of nitrogens with one attached hydrogen (secondary N) is 1. The number of fused-ring (bicyclic) bond motifs is 2. The van der Waals surface area contributed by atoms with Crippen LogP contribution in [-0.2, 0) is 6.42 Å². The standard InChI is InChI=1S/C14H14N4O3/c1-20-9-3-2-6-4-7-10(16)8(5-15)13(17)18-14(7)21-12(6)11(9)19/h2-3,5,15,19H,4H2,1H3,(H4,16,17,18). The first-order valence-corrected chi connectivity index (χ1v) is 6.21. The van der Waals surface area contributed by atoms with Gasteiger partial charge >= 0.3 is 0 Å². The lowest BCUT2D eigenvalue weighted by Gasteiger charge is -2.23. The van der Waals surface area contributed by atoms with Gasteiger partial charge in [-0.15, -0.1) is 0 Å². The van der Waals surface area contributed by atoms with Gasteiger partial charge in [-0.2, -0.15) is 4.98 Å². The molecular weight excluding hydrogens is 272 g/mol. The number of benzene rings is 1. The number of phenolic OH excluding ortho intramolecular Hbond substituents is 1. The van der Waals surface area contributed by atoms with Crippen molar-refractivity contribution in [1.29, 1.82) is 5.41 Å². The second kappa shape index (κ2) is 4.55. The third-order valence-corrected chi connectivity index (χ3v) is 3.48. The Hall–Kier alpha value is -2.96. The molecule has 0 unspecified atom stereocenters. The van der Waals surface area contributed by atoms with Crippen molar-refractivity contribution in [3.8, 4) is 23.1 Å². The van der Waals surface area contributed by atoms with Crippen molar-refractivity contribution in [2.24, 2.45) is 0 Å². The molecule has 0 radical (unpaired) electrons. The van der Waals surface area contributed by atoms with E-state index in [1.165, 1.54) is 7.11 Å². The highest BCUT2D eigenvalue weighted by atomic mass is 16.5. The topological polar surface area (TPSA) is 127 Å². The van der Waals surface area contributed by atoms with E-state index in [2.05, 4.69) is 4.98 Å². The first-order chi connectivity index (χ1) is 10.1. The van der Waals surface area contributed by atoms with E-state index in [1.807, 2.05) is 0 Å². The van der Waals surface area contributed by atoms with Crippen molar-refractivity contribution in [2.45, 2.75) is 6.42 Å². The third kappa shape index (κ3) is 1.82. The van der Waals surface area contributed by atoms with Gasteiger partial charge in [0.2, 0.25) is 11.6 Å². The number of aromatic nitrogens is 1. The van der Waals surface area contributed by atoms with Crippen LogP contribution in [0.4, 0.5) is 11.5 Å². The quantitative estimate of drug-likeness (QED) is 0.530. The lowest BCUT2D eigenvalue weighted by atomic mass is 9.98. The predicted octanol–water partition coefficient (Wildman–Crippen LogP) is 1.65. The SMILES string of the molecule is COc1ccc2c(c1O)Oc1nc(N)c(C=N)c(N)c1C2. The Balaban J connectivity index is 2.17. The van der Waals surface area contributed by atoms with Crippen molar-refractivity contribution >= 4 is 17.7 Å². The Morgan fingerprint density at radius 1 is 1.43 bits per heavy atom. The van der Waals surface area contributed by atoms with Crippen LogP contribution in [0.3, 0.4) is 0 Å². The summed E-state index contributed by atoms with van der Waals surface area (Å²) in [7, 11) is 1.46. The second-order valence-corrected chi connectivity index (χ2v) is 4.64. The molecule has 0 fully saturated rings. The minimum absolute atomic E-state index is 0.0873. The van der Waals surface area contributed by atoms with E-state index in [-0.39, 0.29) is 23.2 Å². The molecule has 21 heavy (non-hydrogen) atoms. The molecule has 0 saturated carbocycles. The highest BCUT2D eigenvalue weighted by Gasteiger charge is 2.27. The molecule has 0 aliphatic carbocycles. The number of ether oxygens (including phenoxy) is 2. The fourth-order valence-electron chi connectivity index (χ4n) is 2.36. The number of pyridine rings is 1. The van der Waals surface area contributed by atoms with E-state index in [1.54, 1.807) is 12.1 Å². The van der Waals surface area contributed by atoms with Crippen LogP contribution in [0.25, 0.3) is 0 Å². The molecule has 0 spiro atoms. The molecule has 6 N–H and O–H groups in total. The van der Waals surface area contributed by atoms with Crippen LogP contribution in [0.15, 0.2) is 12.1 Å². The number of aromatic hydroxyl groups is 1. The number of nitrogens with zero attached hydrogens (tertiary/aromatic N) is 1. The number of phenols is 1. The molecule has 1 aliphatic rings. The Bertz CT molecular complexity index is 759. The summed E-state index contributed by atoms with van der Waals surface area (Å²) in [5.74, 6) is 0.875. The van der Waals surface area contributed by atoms with Crippen LogP contribution in [0.2, 0.25) is 0 Å². The monoisotopic (exact) mass is 286 g/mol. The summed E-state index contributed by atoms with van der Waals surface area (Å²) >= 11 is 0. The number of anilines is 2. The van der Waals surface area contributed by atoms with Crippen molar-refractivity contribution in [2.75, 3.05) is 18.6 Å². The fraction of sp³-hybridized carbons (Fsp3) is 0.143. The number of hydrogen-bond acceptors (Lipinski definition) is 7. The van der Waals surface area contributed by atoms with E-state index in [9.17, 15) is 5.11 Å². The van der Waals surface area contributed by atoms with Crippen LogP contribution in [-0.4, -0.2) is 23.4 Å². The smallest absolute Gasteiger partial charge is 0.227 e. The van der Waals surface area contributed by atoms with Gasteiger partial charge in [0.25, 0.3) is 0 Å². The van der Waals surface area contributed by atoms with Crippen LogP contribution >= 0.6 is 0 Å². The predicted molar refractivity (Wildman–Crippen MR) is 78.5 cm³/mol. The van der Waals surface area contributed by atoms with Gasteiger partial charge < -0.3 is 31.5 Å². The molecule has 1 aromatic heterocycles. The minimum Gasteiger partial charge on any atom is -0.502 e. The van der Waals surface area contributed by atoms with Crippen LogP contribution < -0.4 is 20.9 Å². The van der Waals surface area contributed by atoms with E-state index in [0.717, 1.165) is 11.8 Å². The zero-order chi connectivity index (χ0) is 15.1. The van der Waals surface area contributed by atoms with Crippen LogP contribution in [0.5, 0.6) is 23.1 Å². The Labute approximate surface area is 120 Å². The maximum Gasteiger partial charge on any atom is 0.227 e. The molecule has 1 aromatic carbocycles. The van der Waals surface area contributed by atoms with Gasteiger partial charge in [0, 0.05) is 23.8 Å². The zero-order valence-electron chi connectivity index (χ0n) is 11.3. The fourth-order valence-corrected chi connectivity index (χ4v) is 2.36. The summed E-state index contributed by atoms with van der Waals surface area (Å²) in [4.78, 5) is 4.11. The summed E-state index contributed by atoms with van der Waals surface area (Å²) in [5.41, 5.74) is 13.9. The Morgan fingerprint density at radius 3 is 2.86 bits per heavy atom. The van der Waals surface area contributed by atoms with E-state index in [4.69, 9.17) is 26.4 Å². The number of rotatable bonds is 2. The second-order valence-electron chi connectivity index (χ2n) is 4.64. The van der Waals surface area contributed by atoms with Gasteiger partial charge in [0.05, 0.1) is 18.4 Å². The maximum atomic E-state index is 10.1. The lowest BCUT2D eigenvalue weighted by molar-refractivity contribution is 0.346. The summed E-state index contributed by atoms with van der Waals surface area (Å²) in [6.07, 6.45) is 1.50. The van der Waals surface area contributed by atoms with Crippen LogP contribution in [0, 0.1) is 5.41 Å². The van der Waals surface area contributed by atoms with Crippen molar-refractivity contribution in [3.63, 3.8) is 0 Å². The van der Waals surface area contributed by atoms with Gasteiger partial charge in [0.1, 0.15) is 5.82 Å². The molecule has 7 heteroatoms. The van der Waals surface area contributed by atoms with E-state index in [0.29, 0.717) is 29.0 Å². The Morgan fingerprint density at radius 2 is 2.19 bits per heavy atom. The molecule has 108 valence electrons. The molecule has 2 heterocycles. The third-order valence-electron chi connectivity index (χ3n) is 3.48. The number of nitrogens with two attached hydrogens (primary N) is 2. The molecule has 0 saturated heterocycles.